The Morgan fingerprint density at radius 1 is 1.09 bits per heavy atom. The molecule has 0 unspecified atom stereocenters. The summed E-state index contributed by atoms with van der Waals surface area (Å²) in [5.74, 6) is 0. The third kappa shape index (κ3) is 4.43. The highest BCUT2D eigenvalue weighted by atomic mass is 15.1. The largest absolute Gasteiger partial charge is 0.378 e. The number of likely N-dealkylation sites (N-methyl/N-ethyl adjacent to an activating group) is 1. The quantitative estimate of drug-likeness (QED) is 0.560. The molecule has 0 fully saturated rings. The second kappa shape index (κ2) is 5.78. The maximum atomic E-state index is 2.08. The first-order valence-corrected chi connectivity index (χ1v) is 3.85. The van der Waals surface area contributed by atoms with Crippen LogP contribution < -0.4 is 0 Å². The minimum Gasteiger partial charge on any atom is -0.378 e. The number of rotatable bonds is 3. The van der Waals surface area contributed by atoms with Crippen molar-refractivity contribution in [1.82, 2.24) is 4.90 Å². The van der Waals surface area contributed by atoms with Gasteiger partial charge in [0.1, 0.15) is 0 Å². The highest BCUT2D eigenvalue weighted by Gasteiger charge is 1.89. The molecular formula is C10H17N. The lowest BCUT2D eigenvalue weighted by molar-refractivity contribution is 0.530. The molecule has 0 atom stereocenters. The fourth-order valence-corrected chi connectivity index (χ4v) is 0.719. The summed E-state index contributed by atoms with van der Waals surface area (Å²) in [6.07, 6.45) is 10.3. The summed E-state index contributed by atoms with van der Waals surface area (Å²) in [7, 11) is 4.07. The van der Waals surface area contributed by atoms with E-state index in [0.717, 1.165) is 0 Å². The lowest BCUT2D eigenvalue weighted by Crippen LogP contribution is -2.08. The molecule has 0 heterocycles. The number of hydrogen-bond acceptors (Lipinski definition) is 1. The predicted molar refractivity (Wildman–Crippen MR) is 51.4 cm³/mol. The Morgan fingerprint density at radius 3 is 2.09 bits per heavy atom. The zero-order chi connectivity index (χ0) is 8.69. The van der Waals surface area contributed by atoms with Crippen LogP contribution in [0.5, 0.6) is 0 Å². The van der Waals surface area contributed by atoms with Gasteiger partial charge in [-0.25, -0.2) is 0 Å². The molecule has 1 heteroatoms. The second-order valence-corrected chi connectivity index (χ2v) is 2.51. The van der Waals surface area contributed by atoms with Gasteiger partial charge in [-0.15, -0.1) is 0 Å². The number of hydrogen-bond donors (Lipinski definition) is 0. The van der Waals surface area contributed by atoms with Gasteiger partial charge in [-0.2, -0.15) is 0 Å². The summed E-state index contributed by atoms with van der Waals surface area (Å²) in [6, 6.07) is 0. The van der Waals surface area contributed by atoms with E-state index in [-0.39, 0.29) is 0 Å². The summed E-state index contributed by atoms with van der Waals surface area (Å²) < 4.78 is 0. The molecule has 0 rings (SSSR count). The van der Waals surface area contributed by atoms with Crippen LogP contribution in [0.2, 0.25) is 0 Å². The zero-order valence-corrected chi connectivity index (χ0v) is 7.83. The molecule has 0 bridgehead atoms. The molecule has 0 aliphatic heterocycles. The van der Waals surface area contributed by atoms with Gasteiger partial charge >= 0.3 is 0 Å². The molecule has 0 spiro atoms. The van der Waals surface area contributed by atoms with Gasteiger partial charge in [0, 0.05) is 19.8 Å². The van der Waals surface area contributed by atoms with Crippen molar-refractivity contribution in [3.63, 3.8) is 0 Å². The van der Waals surface area contributed by atoms with E-state index in [9.17, 15) is 0 Å². The molecule has 0 aromatic rings. The van der Waals surface area contributed by atoms with Crippen molar-refractivity contribution in [2.45, 2.75) is 13.8 Å². The molecular weight excluding hydrogens is 134 g/mol. The van der Waals surface area contributed by atoms with Crippen molar-refractivity contribution < 1.29 is 0 Å². The molecule has 0 amide bonds. The first-order valence-electron chi connectivity index (χ1n) is 3.85. The van der Waals surface area contributed by atoms with Gasteiger partial charge < -0.3 is 4.90 Å². The van der Waals surface area contributed by atoms with Gasteiger partial charge in [0.05, 0.1) is 0 Å². The summed E-state index contributed by atoms with van der Waals surface area (Å²) in [5, 5.41) is 0. The molecule has 0 aliphatic rings. The van der Waals surface area contributed by atoms with Gasteiger partial charge in [0.2, 0.25) is 0 Å². The maximum Gasteiger partial charge on any atom is 0.0357 e. The van der Waals surface area contributed by atoms with E-state index in [1.54, 1.807) is 0 Å². The van der Waals surface area contributed by atoms with Crippen LogP contribution in [0.1, 0.15) is 13.8 Å². The standard InChI is InChI=1S/C10H17N/c1-5-7-9-10(8-6-2)11(3)4/h5-9H,1-4H3/b7-5?,8-6-,10-9+. The Balaban J connectivity index is 4.32. The first-order chi connectivity index (χ1) is 5.22. The van der Waals surface area contributed by atoms with Crippen LogP contribution in [0.4, 0.5) is 0 Å². The lowest BCUT2D eigenvalue weighted by atomic mass is 10.3. The SMILES string of the molecule is CC=C/C=C(\C=C/C)N(C)C. The molecule has 0 radical (unpaired) electrons. The van der Waals surface area contributed by atoms with Gasteiger partial charge in [0.25, 0.3) is 0 Å². The third-order valence-corrected chi connectivity index (χ3v) is 1.31. The summed E-state index contributed by atoms with van der Waals surface area (Å²) in [5.41, 5.74) is 1.21. The van der Waals surface area contributed by atoms with Crippen molar-refractivity contribution >= 4 is 0 Å². The average molecular weight is 151 g/mol. The van der Waals surface area contributed by atoms with E-state index in [1.807, 2.05) is 46.2 Å². The summed E-state index contributed by atoms with van der Waals surface area (Å²) in [4.78, 5) is 2.08. The van der Waals surface area contributed by atoms with Crippen LogP contribution in [0, 0.1) is 0 Å². The Bertz CT molecular complexity index is 173. The molecule has 1 nitrogen and oxygen atoms in total. The molecule has 62 valence electrons. The minimum atomic E-state index is 1.21. The van der Waals surface area contributed by atoms with Gasteiger partial charge in [-0.1, -0.05) is 18.2 Å². The normalized spacial score (nSPS) is 13.3. The van der Waals surface area contributed by atoms with Gasteiger partial charge in [0.15, 0.2) is 0 Å². The molecule has 0 aromatic heterocycles. The van der Waals surface area contributed by atoms with E-state index in [2.05, 4.69) is 17.1 Å². The third-order valence-electron chi connectivity index (χ3n) is 1.31. The minimum absolute atomic E-state index is 1.21. The second-order valence-electron chi connectivity index (χ2n) is 2.51. The highest BCUT2D eigenvalue weighted by Crippen LogP contribution is 2.00. The van der Waals surface area contributed by atoms with E-state index < -0.39 is 0 Å². The predicted octanol–water partition coefficient (Wildman–Crippen LogP) is 2.58. The fourth-order valence-electron chi connectivity index (χ4n) is 0.719. The van der Waals surface area contributed by atoms with Crippen molar-refractivity contribution in [2.75, 3.05) is 14.1 Å². The summed E-state index contributed by atoms with van der Waals surface area (Å²) >= 11 is 0. The molecule has 0 saturated heterocycles. The van der Waals surface area contributed by atoms with Crippen LogP contribution in [0.15, 0.2) is 36.1 Å². The van der Waals surface area contributed by atoms with Crippen molar-refractivity contribution in [3.05, 3.63) is 36.1 Å². The van der Waals surface area contributed by atoms with Crippen LogP contribution in [-0.4, -0.2) is 19.0 Å². The molecule has 0 aromatic carbocycles. The summed E-state index contributed by atoms with van der Waals surface area (Å²) in [6.45, 7) is 4.03. The van der Waals surface area contributed by atoms with E-state index in [0.29, 0.717) is 0 Å². The van der Waals surface area contributed by atoms with Crippen LogP contribution in [0.3, 0.4) is 0 Å². The monoisotopic (exact) mass is 151 g/mol. The number of nitrogens with zero attached hydrogens (tertiary/aromatic N) is 1. The Hall–Kier alpha value is -0.980. The lowest BCUT2D eigenvalue weighted by Gasteiger charge is -2.12. The Morgan fingerprint density at radius 2 is 1.73 bits per heavy atom. The Labute approximate surface area is 69.7 Å². The van der Waals surface area contributed by atoms with Crippen molar-refractivity contribution in [3.8, 4) is 0 Å². The molecule has 0 aliphatic carbocycles. The van der Waals surface area contributed by atoms with E-state index >= 15 is 0 Å². The smallest absolute Gasteiger partial charge is 0.0357 e. The Kier molecular flexibility index (Phi) is 5.26. The van der Waals surface area contributed by atoms with Gasteiger partial charge in [-0.3, -0.25) is 0 Å². The van der Waals surface area contributed by atoms with E-state index in [4.69, 9.17) is 0 Å². The van der Waals surface area contributed by atoms with Gasteiger partial charge in [-0.05, 0) is 26.0 Å². The van der Waals surface area contributed by atoms with Crippen LogP contribution >= 0.6 is 0 Å². The van der Waals surface area contributed by atoms with Crippen LogP contribution in [-0.2, 0) is 0 Å². The van der Waals surface area contributed by atoms with Crippen molar-refractivity contribution in [2.24, 2.45) is 0 Å². The molecule has 0 saturated carbocycles. The average Bonchev–Trinajstić information content (AvgIpc) is 1.97. The first kappa shape index (κ1) is 10.0. The topological polar surface area (TPSA) is 3.24 Å². The maximum absolute atomic E-state index is 2.08. The molecule has 0 N–H and O–H groups in total. The van der Waals surface area contributed by atoms with E-state index in [1.165, 1.54) is 5.70 Å². The molecule has 11 heavy (non-hydrogen) atoms. The van der Waals surface area contributed by atoms with Crippen LogP contribution in [0.25, 0.3) is 0 Å². The number of allylic oxidation sites excluding steroid dienone is 5. The van der Waals surface area contributed by atoms with Crippen molar-refractivity contribution in [1.29, 1.82) is 0 Å². The zero-order valence-electron chi connectivity index (χ0n) is 7.83. The fraction of sp³-hybridized carbons (Fsp3) is 0.400. The highest BCUT2D eigenvalue weighted by molar-refractivity contribution is 5.21.